The quantitative estimate of drug-likeness (QED) is 0.308. The van der Waals surface area contributed by atoms with E-state index in [1.807, 2.05) is 0 Å². The first-order chi connectivity index (χ1) is 17.5. The smallest absolute Gasteiger partial charge is 0.303 e. The molecule has 8 nitrogen and oxygen atoms in total. The van der Waals surface area contributed by atoms with Gasteiger partial charge in [-0.05, 0) is 40.2 Å². The van der Waals surface area contributed by atoms with Crippen LogP contribution in [0.15, 0.2) is 48.1 Å². The molecule has 1 unspecified atom stereocenters. The van der Waals surface area contributed by atoms with Gasteiger partial charge in [-0.1, -0.05) is 42.0 Å². The second-order valence-corrected chi connectivity index (χ2v) is 11.0. The highest BCUT2D eigenvalue weighted by Crippen LogP contribution is 2.46. The average Bonchev–Trinajstić information content (AvgIpc) is 3.58. The molecule has 0 bridgehead atoms. The highest BCUT2D eigenvalue weighted by molar-refractivity contribution is 5.95. The molecule has 1 amide bonds. The Bertz CT molecular complexity index is 1030. The number of carbonyl (C=O) groups excluding carboxylic acids is 2. The topological polar surface area (TPSA) is 95.6 Å². The van der Waals surface area contributed by atoms with Crippen molar-refractivity contribution in [3.05, 3.63) is 59.2 Å². The van der Waals surface area contributed by atoms with Crippen LogP contribution in [0.25, 0.3) is 0 Å². The number of ether oxygens (including phenoxy) is 5. The molecule has 8 heteroatoms. The van der Waals surface area contributed by atoms with Gasteiger partial charge in [0.2, 0.25) is 6.41 Å². The van der Waals surface area contributed by atoms with Crippen molar-refractivity contribution in [2.45, 2.75) is 83.7 Å². The second-order valence-electron chi connectivity index (χ2n) is 11.0. The maximum atomic E-state index is 12.9. The summed E-state index contributed by atoms with van der Waals surface area (Å²) in [6, 6.07) is 7.02. The Morgan fingerprint density at radius 2 is 1.89 bits per heavy atom. The first kappa shape index (κ1) is 27.5. The van der Waals surface area contributed by atoms with Crippen molar-refractivity contribution in [1.82, 2.24) is 5.32 Å². The number of nitrogens with one attached hydrogen (secondary N) is 1. The molecule has 3 saturated heterocycles. The number of benzene rings is 1. The third-order valence-corrected chi connectivity index (χ3v) is 6.89. The summed E-state index contributed by atoms with van der Waals surface area (Å²) < 4.78 is 28.7. The minimum absolute atomic E-state index is 0.0137. The zero-order valence-corrected chi connectivity index (χ0v) is 22.5. The number of carbonyl (C=O) groups is 2. The first-order valence-electron chi connectivity index (χ1n) is 13.0. The lowest BCUT2D eigenvalue weighted by Crippen LogP contribution is -2.44. The van der Waals surface area contributed by atoms with E-state index in [1.165, 1.54) is 6.92 Å². The number of hydrogen-bond acceptors (Lipinski definition) is 7. The van der Waals surface area contributed by atoms with Gasteiger partial charge >= 0.3 is 5.97 Å². The average molecular weight is 514 g/mol. The first-order valence-corrected chi connectivity index (χ1v) is 13.0. The zero-order valence-electron chi connectivity index (χ0n) is 22.5. The monoisotopic (exact) mass is 513 g/mol. The van der Waals surface area contributed by atoms with Crippen LogP contribution < -0.4 is 5.32 Å². The van der Waals surface area contributed by atoms with E-state index in [1.54, 1.807) is 31.2 Å². The molecule has 0 radical (unpaired) electrons. The molecular weight excluding hydrogens is 474 g/mol. The van der Waals surface area contributed by atoms with Crippen molar-refractivity contribution >= 4 is 11.9 Å². The van der Waals surface area contributed by atoms with E-state index in [0.29, 0.717) is 24.3 Å². The van der Waals surface area contributed by atoms with E-state index in [9.17, 15) is 9.59 Å². The largest absolute Gasteiger partial charge is 0.458 e. The summed E-state index contributed by atoms with van der Waals surface area (Å²) in [7, 11) is 0. The van der Waals surface area contributed by atoms with E-state index in [4.69, 9.17) is 23.7 Å². The molecule has 1 aromatic rings. The van der Waals surface area contributed by atoms with Crippen LogP contribution >= 0.6 is 0 Å². The standard InChI is InChI=1S/C29H39NO7/c1-19(11-13-23-14-29(18-35-29)17-28(4,5)37-23)10-12-22-15-33-27(34-16-22)30-26(32)25-9-7-6-8-24(25)20(2)36-21(3)31/h6-11,13,20,22-23,27H,12,14-18H2,1-5H3,(H,30,32)/t20?,22?,23-,27?,29-/m1/s1. The fourth-order valence-electron chi connectivity index (χ4n) is 5.13. The van der Waals surface area contributed by atoms with Crippen molar-refractivity contribution in [3.8, 4) is 0 Å². The summed E-state index contributed by atoms with van der Waals surface area (Å²) in [6.07, 6.45) is 7.78. The molecule has 1 aromatic carbocycles. The molecule has 1 spiro atoms. The van der Waals surface area contributed by atoms with Crippen molar-refractivity contribution < 1.29 is 33.3 Å². The highest BCUT2D eigenvalue weighted by atomic mass is 16.7. The van der Waals surface area contributed by atoms with E-state index in [0.717, 1.165) is 31.4 Å². The van der Waals surface area contributed by atoms with Crippen LogP contribution in [0.4, 0.5) is 0 Å². The predicted molar refractivity (Wildman–Crippen MR) is 138 cm³/mol. The van der Waals surface area contributed by atoms with Gasteiger partial charge in [0, 0.05) is 36.8 Å². The van der Waals surface area contributed by atoms with E-state index in [-0.39, 0.29) is 29.1 Å². The van der Waals surface area contributed by atoms with Gasteiger partial charge < -0.3 is 29.0 Å². The van der Waals surface area contributed by atoms with Crippen molar-refractivity contribution in [2.24, 2.45) is 5.92 Å². The summed E-state index contributed by atoms with van der Waals surface area (Å²) in [6.45, 7) is 11.2. The minimum atomic E-state index is -0.824. The third-order valence-electron chi connectivity index (χ3n) is 6.89. The van der Waals surface area contributed by atoms with Crippen molar-refractivity contribution in [3.63, 3.8) is 0 Å². The molecule has 3 aliphatic rings. The van der Waals surface area contributed by atoms with Crippen LogP contribution in [0.3, 0.4) is 0 Å². The van der Waals surface area contributed by atoms with Crippen LogP contribution in [-0.4, -0.2) is 55.4 Å². The molecule has 3 heterocycles. The number of hydrogen-bond donors (Lipinski definition) is 1. The SMILES string of the molecule is CC(=O)OC(C)c1ccccc1C(=O)NC1OCC(CC=C(C)C=C[C@@H]2C[C@]3(CO3)CC(C)(C)O2)CO1. The van der Waals surface area contributed by atoms with E-state index >= 15 is 0 Å². The van der Waals surface area contributed by atoms with E-state index < -0.39 is 18.5 Å². The zero-order chi connectivity index (χ0) is 26.6. The summed E-state index contributed by atoms with van der Waals surface area (Å²) in [4.78, 5) is 24.2. The molecular formula is C29H39NO7. The number of epoxide rings is 1. The number of allylic oxidation sites excluding steroid dienone is 3. The maximum absolute atomic E-state index is 12.9. The lowest BCUT2D eigenvalue weighted by molar-refractivity contribution is -0.208. The van der Waals surface area contributed by atoms with E-state index in [2.05, 4.69) is 44.3 Å². The highest BCUT2D eigenvalue weighted by Gasteiger charge is 2.53. The van der Waals surface area contributed by atoms with Gasteiger partial charge in [-0.2, -0.15) is 0 Å². The molecule has 3 fully saturated rings. The lowest BCUT2D eigenvalue weighted by Gasteiger charge is -2.38. The maximum Gasteiger partial charge on any atom is 0.303 e. The Morgan fingerprint density at radius 3 is 2.57 bits per heavy atom. The van der Waals surface area contributed by atoms with Crippen molar-refractivity contribution in [1.29, 1.82) is 0 Å². The molecule has 0 aromatic heterocycles. The second kappa shape index (κ2) is 11.5. The summed E-state index contributed by atoms with van der Waals surface area (Å²) in [5, 5.41) is 2.77. The van der Waals surface area contributed by atoms with Crippen molar-refractivity contribution in [2.75, 3.05) is 19.8 Å². The number of esters is 1. The molecule has 4 rings (SSSR count). The summed E-state index contributed by atoms with van der Waals surface area (Å²) >= 11 is 0. The number of rotatable bonds is 8. The fourth-order valence-corrected chi connectivity index (χ4v) is 5.13. The molecule has 37 heavy (non-hydrogen) atoms. The Labute approximate surface area is 219 Å². The minimum Gasteiger partial charge on any atom is -0.458 e. The van der Waals surface area contributed by atoms with Gasteiger partial charge in [0.05, 0.1) is 37.1 Å². The third kappa shape index (κ3) is 7.74. The Balaban J connectivity index is 1.23. The normalized spacial score (nSPS) is 30.2. The van der Waals surface area contributed by atoms with Gasteiger partial charge in [0.25, 0.3) is 5.91 Å². The molecule has 0 aliphatic carbocycles. The molecule has 0 saturated carbocycles. The Hall–Kier alpha value is -2.52. The van der Waals surface area contributed by atoms with Crippen LogP contribution in [0, 0.1) is 5.92 Å². The Morgan fingerprint density at radius 1 is 1.19 bits per heavy atom. The van der Waals surface area contributed by atoms with Gasteiger partial charge in [-0.25, -0.2) is 0 Å². The molecule has 3 atom stereocenters. The van der Waals surface area contributed by atoms with Crippen LogP contribution in [0.5, 0.6) is 0 Å². The van der Waals surface area contributed by atoms with Gasteiger partial charge in [0.1, 0.15) is 6.10 Å². The fraction of sp³-hybridized carbons (Fsp3) is 0.586. The molecule has 202 valence electrons. The molecule has 3 aliphatic heterocycles. The summed E-state index contributed by atoms with van der Waals surface area (Å²) in [5.74, 6) is -0.550. The number of amides is 1. The predicted octanol–water partition coefficient (Wildman–Crippen LogP) is 4.61. The lowest BCUT2D eigenvalue weighted by atomic mass is 9.85. The van der Waals surface area contributed by atoms with Gasteiger partial charge in [-0.15, -0.1) is 0 Å². The van der Waals surface area contributed by atoms with Gasteiger partial charge in [-0.3, -0.25) is 9.59 Å². The Kier molecular flexibility index (Phi) is 8.53. The van der Waals surface area contributed by atoms with Gasteiger partial charge in [0.15, 0.2) is 0 Å². The van der Waals surface area contributed by atoms with Crippen LogP contribution in [0.1, 0.15) is 75.9 Å². The van der Waals surface area contributed by atoms with Crippen LogP contribution in [0.2, 0.25) is 0 Å². The summed E-state index contributed by atoms with van der Waals surface area (Å²) in [5.41, 5.74) is 2.04. The van der Waals surface area contributed by atoms with Crippen LogP contribution in [-0.2, 0) is 28.5 Å². The molecule has 1 N–H and O–H groups in total.